The summed E-state index contributed by atoms with van der Waals surface area (Å²) < 4.78 is 15.9. The predicted molar refractivity (Wildman–Crippen MR) is 90.6 cm³/mol. The van der Waals surface area contributed by atoms with Crippen LogP contribution in [-0.2, 0) is 19.5 Å². The highest BCUT2D eigenvalue weighted by Gasteiger charge is 2.21. The minimum absolute atomic E-state index is 0.0647. The van der Waals surface area contributed by atoms with Gasteiger partial charge in [-0.2, -0.15) is 0 Å². The number of benzene rings is 1. The Labute approximate surface area is 138 Å². The number of hydrogen-bond acceptors (Lipinski definition) is 2. The minimum Gasteiger partial charge on any atom is -0.334 e. The van der Waals surface area contributed by atoms with Crippen LogP contribution >= 0.6 is 0 Å². The van der Waals surface area contributed by atoms with Gasteiger partial charge in [0.15, 0.2) is 0 Å². The summed E-state index contributed by atoms with van der Waals surface area (Å²) in [7, 11) is 0. The van der Waals surface area contributed by atoms with E-state index in [1.165, 1.54) is 12.8 Å². The van der Waals surface area contributed by atoms with Gasteiger partial charge in [0, 0.05) is 25.5 Å². The number of imidazole rings is 1. The van der Waals surface area contributed by atoms with E-state index >= 15 is 0 Å². The van der Waals surface area contributed by atoms with E-state index in [4.69, 9.17) is 0 Å². The fourth-order valence-electron chi connectivity index (χ4n) is 3.57. The number of piperidine rings is 1. The van der Waals surface area contributed by atoms with Gasteiger partial charge >= 0.3 is 0 Å². The summed E-state index contributed by atoms with van der Waals surface area (Å²) in [6.45, 7) is 6.30. The van der Waals surface area contributed by atoms with Crippen LogP contribution in [0.2, 0.25) is 0 Å². The molecule has 0 unspecified atom stereocenters. The minimum atomic E-state index is -0.0647. The van der Waals surface area contributed by atoms with Gasteiger partial charge in [0.25, 0.3) is 0 Å². The zero-order chi connectivity index (χ0) is 16.1. The molecule has 0 radical (unpaired) electrons. The molecule has 124 valence electrons. The van der Waals surface area contributed by atoms with Gasteiger partial charge in [-0.15, -0.1) is 0 Å². The van der Waals surface area contributed by atoms with E-state index in [0.29, 0.717) is 5.92 Å². The number of likely N-dealkylation sites (tertiary alicyclic amines) is 1. The Bertz CT molecular complexity index is 623. The molecule has 2 heterocycles. The highest BCUT2D eigenvalue weighted by molar-refractivity contribution is 5.17. The van der Waals surface area contributed by atoms with Gasteiger partial charge in [0.05, 0.1) is 6.54 Å². The Morgan fingerprint density at radius 2 is 2.17 bits per heavy atom. The first-order chi connectivity index (χ1) is 11.3. The standard InChI is InChI=1S/C19H26FN3/c1-2-23-13-11-21-19(23)15-22-12-5-6-16(14-22)9-10-17-7-3-4-8-18(17)20/h3-4,7-8,11,13,16H,2,5-6,9-10,12,14-15H2,1H3/t16-/m0/s1. The van der Waals surface area contributed by atoms with Crippen molar-refractivity contribution in [2.24, 2.45) is 5.92 Å². The van der Waals surface area contributed by atoms with E-state index in [-0.39, 0.29) is 5.82 Å². The van der Waals surface area contributed by atoms with Crippen molar-refractivity contribution < 1.29 is 4.39 Å². The molecule has 0 spiro atoms. The lowest BCUT2D eigenvalue weighted by molar-refractivity contribution is 0.157. The van der Waals surface area contributed by atoms with Crippen molar-refractivity contribution in [1.29, 1.82) is 0 Å². The molecule has 3 rings (SSSR count). The summed E-state index contributed by atoms with van der Waals surface area (Å²) in [5.74, 6) is 1.75. The second-order valence-corrected chi connectivity index (χ2v) is 6.50. The first kappa shape index (κ1) is 16.2. The molecule has 4 heteroatoms. The maximum atomic E-state index is 13.7. The predicted octanol–water partition coefficient (Wildman–Crippen LogP) is 3.89. The van der Waals surface area contributed by atoms with Crippen LogP contribution in [0.3, 0.4) is 0 Å². The maximum Gasteiger partial charge on any atom is 0.126 e. The Balaban J connectivity index is 1.53. The van der Waals surface area contributed by atoms with E-state index in [1.807, 2.05) is 18.3 Å². The molecule has 3 nitrogen and oxygen atoms in total. The van der Waals surface area contributed by atoms with Gasteiger partial charge in [-0.05, 0) is 56.7 Å². The Morgan fingerprint density at radius 3 is 3.00 bits per heavy atom. The Hall–Kier alpha value is -1.68. The van der Waals surface area contributed by atoms with Crippen molar-refractivity contribution in [2.45, 2.75) is 45.7 Å². The highest BCUT2D eigenvalue weighted by atomic mass is 19.1. The van der Waals surface area contributed by atoms with E-state index < -0.39 is 0 Å². The molecule has 0 bridgehead atoms. The van der Waals surface area contributed by atoms with E-state index in [1.54, 1.807) is 12.1 Å². The third-order valence-electron chi connectivity index (χ3n) is 4.89. The molecule has 2 aromatic rings. The van der Waals surface area contributed by atoms with Gasteiger partial charge in [-0.25, -0.2) is 9.37 Å². The Kier molecular flexibility index (Phi) is 5.44. The summed E-state index contributed by atoms with van der Waals surface area (Å²) in [6.07, 6.45) is 8.34. The molecule has 23 heavy (non-hydrogen) atoms. The van der Waals surface area contributed by atoms with Crippen LogP contribution in [0.5, 0.6) is 0 Å². The first-order valence-corrected chi connectivity index (χ1v) is 8.72. The summed E-state index contributed by atoms with van der Waals surface area (Å²) in [4.78, 5) is 6.99. The lowest BCUT2D eigenvalue weighted by atomic mass is 9.91. The average Bonchev–Trinajstić information content (AvgIpc) is 3.02. The third kappa shape index (κ3) is 4.20. The molecule has 1 aliphatic heterocycles. The molecule has 1 saturated heterocycles. The number of aromatic nitrogens is 2. The zero-order valence-electron chi connectivity index (χ0n) is 13.9. The fourth-order valence-corrected chi connectivity index (χ4v) is 3.57. The van der Waals surface area contributed by atoms with Crippen LogP contribution in [0.15, 0.2) is 36.7 Å². The maximum absolute atomic E-state index is 13.7. The molecule has 0 aliphatic carbocycles. The second kappa shape index (κ2) is 7.73. The number of rotatable bonds is 6. The van der Waals surface area contributed by atoms with Crippen molar-refractivity contribution in [2.75, 3.05) is 13.1 Å². The van der Waals surface area contributed by atoms with Crippen molar-refractivity contribution in [3.63, 3.8) is 0 Å². The molecule has 1 aromatic heterocycles. The van der Waals surface area contributed by atoms with Crippen molar-refractivity contribution in [3.8, 4) is 0 Å². The van der Waals surface area contributed by atoms with Gasteiger partial charge in [-0.3, -0.25) is 4.90 Å². The Morgan fingerprint density at radius 1 is 1.30 bits per heavy atom. The van der Waals surface area contributed by atoms with Crippen molar-refractivity contribution >= 4 is 0 Å². The normalized spacial score (nSPS) is 19.1. The lowest BCUT2D eigenvalue weighted by Crippen LogP contribution is -2.35. The molecule has 1 aliphatic rings. The van der Waals surface area contributed by atoms with Gasteiger partial charge in [0.2, 0.25) is 0 Å². The quantitative estimate of drug-likeness (QED) is 0.806. The molecule has 0 amide bonds. The highest BCUT2D eigenvalue weighted by Crippen LogP contribution is 2.23. The van der Waals surface area contributed by atoms with Gasteiger partial charge in [0.1, 0.15) is 11.6 Å². The van der Waals surface area contributed by atoms with Crippen LogP contribution in [0.4, 0.5) is 4.39 Å². The van der Waals surface area contributed by atoms with E-state index in [9.17, 15) is 4.39 Å². The van der Waals surface area contributed by atoms with Crippen LogP contribution in [0.25, 0.3) is 0 Å². The van der Waals surface area contributed by atoms with Crippen LogP contribution in [0.1, 0.15) is 37.6 Å². The summed E-state index contributed by atoms with van der Waals surface area (Å²) in [6, 6.07) is 7.16. The lowest BCUT2D eigenvalue weighted by Gasteiger charge is -2.32. The van der Waals surface area contributed by atoms with Gasteiger partial charge < -0.3 is 4.57 Å². The number of aryl methyl sites for hydroxylation is 2. The van der Waals surface area contributed by atoms with E-state index in [2.05, 4.69) is 27.6 Å². The average molecular weight is 315 g/mol. The number of nitrogens with zero attached hydrogens (tertiary/aromatic N) is 3. The van der Waals surface area contributed by atoms with Crippen molar-refractivity contribution in [1.82, 2.24) is 14.5 Å². The van der Waals surface area contributed by atoms with E-state index in [0.717, 1.165) is 50.4 Å². The van der Waals surface area contributed by atoms with Crippen LogP contribution in [0, 0.1) is 11.7 Å². The molecular weight excluding hydrogens is 289 g/mol. The molecular formula is C19H26FN3. The van der Waals surface area contributed by atoms with Crippen LogP contribution < -0.4 is 0 Å². The molecule has 1 fully saturated rings. The summed E-state index contributed by atoms with van der Waals surface area (Å²) >= 11 is 0. The van der Waals surface area contributed by atoms with Gasteiger partial charge in [-0.1, -0.05) is 18.2 Å². The number of hydrogen-bond donors (Lipinski definition) is 0. The second-order valence-electron chi connectivity index (χ2n) is 6.50. The zero-order valence-corrected chi connectivity index (χ0v) is 13.9. The topological polar surface area (TPSA) is 21.1 Å². The largest absolute Gasteiger partial charge is 0.334 e. The third-order valence-corrected chi connectivity index (χ3v) is 4.89. The van der Waals surface area contributed by atoms with Crippen LogP contribution in [-0.4, -0.2) is 27.5 Å². The smallest absolute Gasteiger partial charge is 0.126 e. The summed E-state index contributed by atoms with van der Waals surface area (Å²) in [5, 5.41) is 0. The SMILES string of the molecule is CCn1ccnc1CN1CCC[C@@H](CCc2ccccc2F)C1. The molecule has 1 aromatic carbocycles. The molecule has 0 saturated carbocycles. The first-order valence-electron chi connectivity index (χ1n) is 8.72. The van der Waals surface area contributed by atoms with Crippen molar-refractivity contribution in [3.05, 3.63) is 53.9 Å². The molecule has 0 N–H and O–H groups in total. The molecule has 1 atom stereocenters. The monoisotopic (exact) mass is 315 g/mol. The fraction of sp³-hybridized carbons (Fsp3) is 0.526. The number of halogens is 1. The summed E-state index contributed by atoms with van der Waals surface area (Å²) in [5.41, 5.74) is 0.853.